The molecule has 2 atom stereocenters. The Morgan fingerprint density at radius 1 is 1.30 bits per heavy atom. The Kier molecular flexibility index (Phi) is 5.11. The van der Waals surface area contributed by atoms with Crippen LogP contribution in [0.1, 0.15) is 25.1 Å². The van der Waals surface area contributed by atoms with Crippen LogP contribution in [0.3, 0.4) is 0 Å². The van der Waals surface area contributed by atoms with Crippen LogP contribution in [0.4, 0.5) is 0 Å². The molecule has 106 valence electrons. The fraction of sp³-hybridized carbons (Fsp3) is 0.333. The number of aromatic nitrogens is 1. The van der Waals surface area contributed by atoms with Gasteiger partial charge >= 0.3 is 0 Å². The number of nitrogens with zero attached hydrogens (tertiary/aromatic N) is 1. The van der Waals surface area contributed by atoms with Gasteiger partial charge in [-0.05, 0) is 17.9 Å². The van der Waals surface area contributed by atoms with Crippen LogP contribution in [0.2, 0.25) is 0 Å². The third-order valence-corrected chi connectivity index (χ3v) is 3.91. The van der Waals surface area contributed by atoms with E-state index in [0.717, 1.165) is 22.5 Å². The van der Waals surface area contributed by atoms with Gasteiger partial charge in [-0.15, -0.1) is 0 Å². The highest BCUT2D eigenvalue weighted by Gasteiger charge is 2.21. The minimum absolute atomic E-state index is 0.00924. The lowest BCUT2D eigenvalue weighted by molar-refractivity contribution is -0.109. The Morgan fingerprint density at radius 2 is 2.05 bits per heavy atom. The molecule has 0 amide bonds. The number of thioether (sulfide) groups is 1. The maximum Gasteiger partial charge on any atom is 0.185 e. The van der Waals surface area contributed by atoms with Crippen molar-refractivity contribution in [3.63, 3.8) is 0 Å². The predicted molar refractivity (Wildman–Crippen MR) is 80.5 cm³/mol. The van der Waals surface area contributed by atoms with Gasteiger partial charge < -0.3 is 10.2 Å². The first kappa shape index (κ1) is 15.0. The first-order chi connectivity index (χ1) is 9.59. The van der Waals surface area contributed by atoms with Crippen LogP contribution >= 0.6 is 11.8 Å². The van der Waals surface area contributed by atoms with Crippen molar-refractivity contribution >= 4 is 27.6 Å². The zero-order chi connectivity index (χ0) is 14.5. The summed E-state index contributed by atoms with van der Waals surface area (Å²) in [5, 5.41) is 22.1. The van der Waals surface area contributed by atoms with Gasteiger partial charge in [0.15, 0.2) is 5.12 Å². The molecule has 0 aliphatic carbocycles. The van der Waals surface area contributed by atoms with E-state index in [1.54, 1.807) is 6.20 Å². The maximum atomic E-state index is 10.8. The van der Waals surface area contributed by atoms with Crippen LogP contribution in [0, 0.1) is 0 Å². The van der Waals surface area contributed by atoms with Crippen molar-refractivity contribution in [2.75, 3.05) is 5.75 Å². The molecule has 5 heteroatoms. The number of aliphatic hydroxyl groups is 2. The van der Waals surface area contributed by atoms with Crippen molar-refractivity contribution in [3.8, 4) is 0 Å². The number of aliphatic hydroxyl groups excluding tert-OH is 2. The zero-order valence-electron chi connectivity index (χ0n) is 11.2. The van der Waals surface area contributed by atoms with E-state index >= 15 is 0 Å². The van der Waals surface area contributed by atoms with Crippen LogP contribution < -0.4 is 0 Å². The molecule has 2 aromatic rings. The summed E-state index contributed by atoms with van der Waals surface area (Å²) >= 11 is 1.15. The molecule has 0 radical (unpaired) electrons. The Hall–Kier alpha value is -1.43. The van der Waals surface area contributed by atoms with Crippen LogP contribution in [-0.2, 0) is 4.79 Å². The Labute approximate surface area is 121 Å². The fourth-order valence-corrected chi connectivity index (χ4v) is 2.69. The topological polar surface area (TPSA) is 70.4 Å². The number of benzene rings is 1. The number of fused-ring (bicyclic) bond motifs is 1. The quantitative estimate of drug-likeness (QED) is 0.884. The van der Waals surface area contributed by atoms with Gasteiger partial charge in [0, 0.05) is 24.3 Å². The van der Waals surface area contributed by atoms with E-state index in [2.05, 4.69) is 4.98 Å². The van der Waals surface area contributed by atoms with Crippen molar-refractivity contribution in [1.29, 1.82) is 0 Å². The number of hydrogen-bond acceptors (Lipinski definition) is 5. The molecule has 0 saturated heterocycles. The third kappa shape index (κ3) is 3.56. The summed E-state index contributed by atoms with van der Waals surface area (Å²) in [5.74, 6) is 0.484. The summed E-state index contributed by atoms with van der Waals surface area (Å²) in [6, 6.07) is 9.46. The summed E-state index contributed by atoms with van der Waals surface area (Å²) in [5.41, 5.74) is 0.475. The standard InChI is InChI=1S/C15H17NO3S/c1-10(17)20-9-7-13(18)15(19)14-12-5-3-2-4-11(12)6-8-16-14/h2-6,8,13,15,18-19H,7,9H2,1H3. The van der Waals surface area contributed by atoms with E-state index < -0.39 is 12.2 Å². The van der Waals surface area contributed by atoms with E-state index in [-0.39, 0.29) is 5.12 Å². The Balaban J connectivity index is 2.14. The van der Waals surface area contributed by atoms with Gasteiger partial charge in [0.2, 0.25) is 0 Å². The lowest BCUT2D eigenvalue weighted by atomic mass is 10.0. The lowest BCUT2D eigenvalue weighted by Gasteiger charge is -2.18. The summed E-state index contributed by atoms with van der Waals surface area (Å²) in [6.45, 7) is 1.49. The zero-order valence-corrected chi connectivity index (χ0v) is 12.0. The minimum Gasteiger partial charge on any atom is -0.390 e. The van der Waals surface area contributed by atoms with Crippen LogP contribution in [-0.4, -0.2) is 32.2 Å². The SMILES string of the molecule is CC(=O)SCCC(O)C(O)c1nccc2ccccc12. The van der Waals surface area contributed by atoms with Gasteiger partial charge in [-0.25, -0.2) is 0 Å². The smallest absolute Gasteiger partial charge is 0.185 e. The van der Waals surface area contributed by atoms with Gasteiger partial charge in [-0.1, -0.05) is 36.0 Å². The van der Waals surface area contributed by atoms with Gasteiger partial charge in [-0.3, -0.25) is 9.78 Å². The van der Waals surface area contributed by atoms with E-state index in [1.165, 1.54) is 6.92 Å². The average Bonchev–Trinajstić information content (AvgIpc) is 2.45. The molecule has 1 aromatic heterocycles. The van der Waals surface area contributed by atoms with Gasteiger partial charge in [0.05, 0.1) is 11.8 Å². The first-order valence-electron chi connectivity index (χ1n) is 6.42. The van der Waals surface area contributed by atoms with Crippen LogP contribution in [0.25, 0.3) is 10.8 Å². The van der Waals surface area contributed by atoms with E-state index in [1.807, 2.05) is 30.3 Å². The maximum absolute atomic E-state index is 10.8. The second-order valence-electron chi connectivity index (χ2n) is 4.56. The van der Waals surface area contributed by atoms with E-state index in [4.69, 9.17) is 0 Å². The summed E-state index contributed by atoms with van der Waals surface area (Å²) in [4.78, 5) is 15.0. The number of pyridine rings is 1. The molecular formula is C15H17NO3S. The minimum atomic E-state index is -1.05. The molecule has 0 aliphatic heterocycles. The molecule has 4 nitrogen and oxygen atoms in total. The molecule has 2 unspecified atom stereocenters. The fourth-order valence-electron chi connectivity index (χ4n) is 2.04. The molecule has 2 rings (SSSR count). The molecule has 0 aliphatic rings. The van der Waals surface area contributed by atoms with E-state index in [9.17, 15) is 15.0 Å². The third-order valence-electron chi connectivity index (χ3n) is 3.07. The van der Waals surface area contributed by atoms with Crippen molar-refractivity contribution in [3.05, 3.63) is 42.2 Å². The van der Waals surface area contributed by atoms with Crippen molar-refractivity contribution in [2.24, 2.45) is 0 Å². The molecule has 1 aromatic carbocycles. The largest absolute Gasteiger partial charge is 0.390 e. The molecule has 2 N–H and O–H groups in total. The molecular weight excluding hydrogens is 274 g/mol. The number of rotatable bonds is 5. The van der Waals surface area contributed by atoms with Crippen molar-refractivity contribution < 1.29 is 15.0 Å². The summed E-state index contributed by atoms with van der Waals surface area (Å²) < 4.78 is 0. The second-order valence-corrected chi connectivity index (χ2v) is 5.83. The molecule has 0 spiro atoms. The van der Waals surface area contributed by atoms with Crippen LogP contribution in [0.15, 0.2) is 36.5 Å². The molecule has 1 heterocycles. The van der Waals surface area contributed by atoms with E-state index in [0.29, 0.717) is 17.9 Å². The highest BCUT2D eigenvalue weighted by molar-refractivity contribution is 8.13. The van der Waals surface area contributed by atoms with Gasteiger partial charge in [0.25, 0.3) is 0 Å². The second kappa shape index (κ2) is 6.83. The Morgan fingerprint density at radius 3 is 2.80 bits per heavy atom. The predicted octanol–water partition coefficient (Wildman–Crippen LogP) is 2.30. The number of hydrogen-bond donors (Lipinski definition) is 2. The number of carbonyl (C=O) groups is 1. The van der Waals surface area contributed by atoms with Gasteiger partial charge in [0.1, 0.15) is 6.10 Å². The van der Waals surface area contributed by atoms with Crippen molar-refractivity contribution in [1.82, 2.24) is 4.98 Å². The molecule has 20 heavy (non-hydrogen) atoms. The summed E-state index contributed by atoms with van der Waals surface area (Å²) in [7, 11) is 0. The van der Waals surface area contributed by atoms with Gasteiger partial charge in [-0.2, -0.15) is 0 Å². The normalized spacial score (nSPS) is 14.2. The monoisotopic (exact) mass is 291 g/mol. The number of carbonyl (C=O) groups excluding carboxylic acids is 1. The highest BCUT2D eigenvalue weighted by Crippen LogP contribution is 2.25. The summed E-state index contributed by atoms with van der Waals surface area (Å²) in [6.07, 6.45) is -0.0114. The van der Waals surface area contributed by atoms with Crippen LogP contribution in [0.5, 0.6) is 0 Å². The Bertz CT molecular complexity index is 597. The molecule has 0 bridgehead atoms. The average molecular weight is 291 g/mol. The van der Waals surface area contributed by atoms with Crippen molar-refractivity contribution in [2.45, 2.75) is 25.6 Å². The highest BCUT2D eigenvalue weighted by atomic mass is 32.2. The molecule has 0 saturated carbocycles. The lowest BCUT2D eigenvalue weighted by Crippen LogP contribution is -2.20. The first-order valence-corrected chi connectivity index (χ1v) is 7.41. The molecule has 0 fully saturated rings.